The first-order chi connectivity index (χ1) is 8.47. The Morgan fingerprint density at radius 3 is 2.33 bits per heavy atom. The summed E-state index contributed by atoms with van der Waals surface area (Å²) < 4.78 is 0. The minimum Gasteiger partial charge on any atom is -0.380 e. The largest absolute Gasteiger partial charge is 0.380 e. The second-order valence-electron chi connectivity index (χ2n) is 5.54. The zero-order valence-corrected chi connectivity index (χ0v) is 12.3. The van der Waals surface area contributed by atoms with Gasteiger partial charge in [-0.2, -0.15) is 0 Å². The molecule has 0 unspecified atom stereocenters. The number of aryl methyl sites for hydroxylation is 1. The number of anilines is 1. The molecule has 2 rings (SSSR count). The van der Waals surface area contributed by atoms with Gasteiger partial charge in [0.05, 0.1) is 17.7 Å². The fourth-order valence-corrected chi connectivity index (χ4v) is 2.48. The Morgan fingerprint density at radius 1 is 1.17 bits per heavy atom. The predicted octanol–water partition coefficient (Wildman–Crippen LogP) is 4.36. The van der Waals surface area contributed by atoms with Gasteiger partial charge in [-0.15, -0.1) is 11.3 Å². The van der Waals surface area contributed by atoms with Crippen LogP contribution < -0.4 is 5.32 Å². The Balaban J connectivity index is 2.01. The van der Waals surface area contributed by atoms with Gasteiger partial charge in [0.25, 0.3) is 0 Å². The maximum absolute atomic E-state index is 4.25. The van der Waals surface area contributed by atoms with E-state index >= 15 is 0 Å². The molecule has 18 heavy (non-hydrogen) atoms. The van der Waals surface area contributed by atoms with E-state index in [4.69, 9.17) is 0 Å². The highest BCUT2D eigenvalue weighted by molar-refractivity contribution is 7.09. The van der Waals surface area contributed by atoms with Gasteiger partial charge < -0.3 is 5.32 Å². The lowest BCUT2D eigenvalue weighted by molar-refractivity contribution is 0.590. The predicted molar refractivity (Wildman–Crippen MR) is 79.3 cm³/mol. The SMILES string of the molecule is Cc1ncsc1CNc1ccc(C(C)(C)C)cc1. The molecule has 0 radical (unpaired) electrons. The van der Waals surface area contributed by atoms with Gasteiger partial charge in [0.15, 0.2) is 0 Å². The maximum Gasteiger partial charge on any atom is 0.0798 e. The first-order valence-electron chi connectivity index (χ1n) is 6.20. The van der Waals surface area contributed by atoms with Crippen molar-refractivity contribution in [3.05, 3.63) is 45.9 Å². The van der Waals surface area contributed by atoms with Crippen molar-refractivity contribution >= 4 is 17.0 Å². The second-order valence-corrected chi connectivity index (χ2v) is 6.48. The zero-order valence-electron chi connectivity index (χ0n) is 11.4. The molecule has 0 spiro atoms. The van der Waals surface area contributed by atoms with Gasteiger partial charge in [0.2, 0.25) is 0 Å². The summed E-state index contributed by atoms with van der Waals surface area (Å²) in [7, 11) is 0. The molecule has 0 aliphatic heterocycles. The average Bonchev–Trinajstić information content (AvgIpc) is 2.72. The summed E-state index contributed by atoms with van der Waals surface area (Å²) in [4.78, 5) is 5.55. The third-order valence-electron chi connectivity index (χ3n) is 3.05. The van der Waals surface area contributed by atoms with Crippen LogP contribution >= 0.6 is 11.3 Å². The molecule has 3 heteroatoms. The fourth-order valence-electron chi connectivity index (χ4n) is 1.77. The van der Waals surface area contributed by atoms with Gasteiger partial charge in [0.1, 0.15) is 0 Å². The topological polar surface area (TPSA) is 24.9 Å². The lowest BCUT2D eigenvalue weighted by Gasteiger charge is -2.19. The normalized spacial score (nSPS) is 11.6. The van der Waals surface area contributed by atoms with E-state index in [2.05, 4.69) is 62.3 Å². The number of nitrogens with one attached hydrogen (secondary N) is 1. The van der Waals surface area contributed by atoms with Crippen molar-refractivity contribution in [3.8, 4) is 0 Å². The highest BCUT2D eigenvalue weighted by atomic mass is 32.1. The summed E-state index contributed by atoms with van der Waals surface area (Å²) in [6.45, 7) is 9.60. The summed E-state index contributed by atoms with van der Waals surface area (Å²) >= 11 is 1.70. The molecule has 0 amide bonds. The quantitative estimate of drug-likeness (QED) is 0.887. The number of hydrogen-bond acceptors (Lipinski definition) is 3. The average molecular weight is 260 g/mol. The summed E-state index contributed by atoms with van der Waals surface area (Å²) in [5.74, 6) is 0. The molecular formula is C15H20N2S. The van der Waals surface area contributed by atoms with Gasteiger partial charge in [-0.05, 0) is 30.0 Å². The van der Waals surface area contributed by atoms with Crippen LogP contribution in [0.1, 0.15) is 36.9 Å². The summed E-state index contributed by atoms with van der Waals surface area (Å²) in [5.41, 5.74) is 5.76. The highest BCUT2D eigenvalue weighted by Crippen LogP contribution is 2.24. The highest BCUT2D eigenvalue weighted by Gasteiger charge is 2.12. The molecule has 0 fully saturated rings. The van der Waals surface area contributed by atoms with Crippen LogP contribution in [-0.4, -0.2) is 4.98 Å². The molecule has 2 nitrogen and oxygen atoms in total. The number of hydrogen-bond donors (Lipinski definition) is 1. The number of thiazole rings is 1. The fraction of sp³-hybridized carbons (Fsp3) is 0.400. The van der Waals surface area contributed by atoms with Crippen molar-refractivity contribution in [1.29, 1.82) is 0 Å². The van der Waals surface area contributed by atoms with E-state index in [1.54, 1.807) is 11.3 Å². The molecule has 0 saturated carbocycles. The number of aromatic nitrogens is 1. The Morgan fingerprint density at radius 2 is 1.83 bits per heavy atom. The third-order valence-corrected chi connectivity index (χ3v) is 3.98. The van der Waals surface area contributed by atoms with Crippen molar-refractivity contribution in [3.63, 3.8) is 0 Å². The number of nitrogens with zero attached hydrogens (tertiary/aromatic N) is 1. The molecule has 0 aliphatic carbocycles. The Bertz CT molecular complexity index is 506. The molecule has 0 atom stereocenters. The molecule has 1 heterocycles. The lowest BCUT2D eigenvalue weighted by atomic mass is 9.87. The van der Waals surface area contributed by atoms with Gasteiger partial charge in [-0.25, -0.2) is 4.98 Å². The monoisotopic (exact) mass is 260 g/mol. The first-order valence-corrected chi connectivity index (χ1v) is 7.08. The summed E-state index contributed by atoms with van der Waals surface area (Å²) in [6.07, 6.45) is 0. The standard InChI is InChI=1S/C15H20N2S/c1-11-14(18-10-17-11)9-16-13-7-5-12(6-8-13)15(2,3)4/h5-8,10,16H,9H2,1-4H3. The van der Waals surface area contributed by atoms with Gasteiger partial charge >= 0.3 is 0 Å². The van der Waals surface area contributed by atoms with E-state index in [-0.39, 0.29) is 5.41 Å². The molecule has 2 aromatic rings. The van der Waals surface area contributed by atoms with Crippen LogP contribution in [0.25, 0.3) is 0 Å². The van der Waals surface area contributed by atoms with Crippen molar-refractivity contribution in [2.24, 2.45) is 0 Å². The third kappa shape index (κ3) is 3.10. The van der Waals surface area contributed by atoms with E-state index in [0.29, 0.717) is 0 Å². The van der Waals surface area contributed by atoms with Crippen LogP contribution in [0.2, 0.25) is 0 Å². The van der Waals surface area contributed by atoms with Gasteiger partial charge in [-0.3, -0.25) is 0 Å². The Labute approximate surface area is 113 Å². The van der Waals surface area contributed by atoms with E-state index in [1.165, 1.54) is 10.4 Å². The molecular weight excluding hydrogens is 240 g/mol. The maximum atomic E-state index is 4.25. The molecule has 96 valence electrons. The smallest absolute Gasteiger partial charge is 0.0798 e. The summed E-state index contributed by atoms with van der Waals surface area (Å²) in [5, 5.41) is 3.44. The van der Waals surface area contributed by atoms with E-state index in [1.807, 2.05) is 5.51 Å². The number of benzene rings is 1. The van der Waals surface area contributed by atoms with Crippen LogP contribution in [0, 0.1) is 6.92 Å². The van der Waals surface area contributed by atoms with Crippen LogP contribution in [0.4, 0.5) is 5.69 Å². The van der Waals surface area contributed by atoms with Gasteiger partial charge in [-0.1, -0.05) is 32.9 Å². The second kappa shape index (κ2) is 5.11. The van der Waals surface area contributed by atoms with Crippen LogP contribution in [-0.2, 0) is 12.0 Å². The molecule has 0 aliphatic rings. The van der Waals surface area contributed by atoms with Crippen LogP contribution in [0.15, 0.2) is 29.8 Å². The van der Waals surface area contributed by atoms with E-state index < -0.39 is 0 Å². The van der Waals surface area contributed by atoms with Crippen molar-refractivity contribution < 1.29 is 0 Å². The van der Waals surface area contributed by atoms with Crippen molar-refractivity contribution in [2.45, 2.75) is 39.7 Å². The molecule has 1 aromatic heterocycles. The Kier molecular flexibility index (Phi) is 3.71. The van der Waals surface area contributed by atoms with Crippen molar-refractivity contribution in [1.82, 2.24) is 4.98 Å². The van der Waals surface area contributed by atoms with Crippen molar-refractivity contribution in [2.75, 3.05) is 5.32 Å². The molecule has 0 saturated heterocycles. The van der Waals surface area contributed by atoms with Crippen LogP contribution in [0.5, 0.6) is 0 Å². The minimum absolute atomic E-state index is 0.215. The van der Waals surface area contributed by atoms with Gasteiger partial charge in [0, 0.05) is 10.6 Å². The summed E-state index contributed by atoms with van der Waals surface area (Å²) in [6, 6.07) is 8.69. The lowest BCUT2D eigenvalue weighted by Crippen LogP contribution is -2.10. The molecule has 0 bridgehead atoms. The molecule has 1 aromatic carbocycles. The first kappa shape index (κ1) is 13.1. The molecule has 1 N–H and O–H groups in total. The minimum atomic E-state index is 0.215. The zero-order chi connectivity index (χ0) is 13.2. The Hall–Kier alpha value is -1.35. The van der Waals surface area contributed by atoms with E-state index in [9.17, 15) is 0 Å². The number of rotatable bonds is 3. The van der Waals surface area contributed by atoms with Crippen LogP contribution in [0.3, 0.4) is 0 Å². The van der Waals surface area contributed by atoms with E-state index in [0.717, 1.165) is 17.9 Å².